The van der Waals surface area contributed by atoms with Crippen molar-refractivity contribution in [2.24, 2.45) is 5.92 Å². The van der Waals surface area contributed by atoms with Gasteiger partial charge in [0.05, 0.1) is 38.3 Å². The van der Waals surface area contributed by atoms with E-state index in [1.54, 1.807) is 0 Å². The molecule has 6 fully saturated rings. The molecular weight excluding hydrogens is 1030 g/mol. The molecule has 440 valence electrons. The number of fused-ring (bicyclic) bond motifs is 4. The molecule has 77 heavy (non-hydrogen) atoms. The van der Waals surface area contributed by atoms with Gasteiger partial charge in [-0.3, -0.25) is 4.55 Å². The largest absolute Gasteiger partial charge is 0.724 e. The molecular formula is C52H93N11O12S2. The molecule has 5 saturated heterocycles. The minimum Gasteiger partial charge on any atom is -0.724 e. The van der Waals surface area contributed by atoms with Crippen LogP contribution in [-0.4, -0.2) is 160 Å². The van der Waals surface area contributed by atoms with E-state index in [1.807, 2.05) is 0 Å². The minimum absolute atomic E-state index is 0.262. The van der Waals surface area contributed by atoms with Gasteiger partial charge < -0.3 is 38.3 Å². The lowest BCUT2D eigenvalue weighted by molar-refractivity contribution is -0.929. The SMILES string of the molecule is CCCC[N+](CCCC)(CCCC)CCCC.O=C1N2CC(CCC2c2nnc(CCCCCC3CCCCC3)o2)N1OS(=O)(=O)[O-].O=C1N2CC(CCC2c2nnc(CCCCNC3CCNCC3)o2)N1OS(=O)(=O)O. The molecule has 25 heteroatoms. The number of hydrogen-bond acceptors (Lipinski definition) is 17. The lowest BCUT2D eigenvalue weighted by Crippen LogP contribution is -2.50. The zero-order chi connectivity index (χ0) is 55.3. The summed E-state index contributed by atoms with van der Waals surface area (Å²) in [5.41, 5.74) is 0. The number of rotatable bonds is 30. The number of unbranched alkanes of at least 4 members (excludes halogenated alkanes) is 7. The van der Waals surface area contributed by atoms with E-state index < -0.39 is 57.0 Å². The molecule has 4 unspecified atom stereocenters. The number of quaternary nitrogens is 1. The van der Waals surface area contributed by atoms with Crippen molar-refractivity contribution in [1.29, 1.82) is 0 Å². The maximum Gasteiger partial charge on any atom is 0.418 e. The fraction of sp³-hybridized carbons (Fsp3) is 0.885. The summed E-state index contributed by atoms with van der Waals surface area (Å²) in [5.74, 6) is 2.70. The molecule has 8 rings (SSSR count). The summed E-state index contributed by atoms with van der Waals surface area (Å²) < 4.78 is 85.3. The third-order valence-electron chi connectivity index (χ3n) is 16.3. The summed E-state index contributed by atoms with van der Waals surface area (Å²) >= 11 is 0. The van der Waals surface area contributed by atoms with E-state index in [0.29, 0.717) is 78.3 Å². The molecule has 0 radical (unpaired) electrons. The third kappa shape index (κ3) is 19.9. The van der Waals surface area contributed by atoms with Gasteiger partial charge in [0.25, 0.3) is 0 Å². The van der Waals surface area contributed by atoms with Gasteiger partial charge in [-0.25, -0.2) is 18.0 Å². The van der Waals surface area contributed by atoms with Crippen LogP contribution >= 0.6 is 0 Å². The van der Waals surface area contributed by atoms with Gasteiger partial charge in [-0.15, -0.1) is 24.7 Å². The Kier molecular flexibility index (Phi) is 25.6. The van der Waals surface area contributed by atoms with E-state index in [1.165, 1.54) is 137 Å². The Morgan fingerprint density at radius 3 is 1.57 bits per heavy atom. The monoisotopic (exact) mass is 1130 g/mol. The van der Waals surface area contributed by atoms with E-state index in [-0.39, 0.29) is 13.1 Å². The Morgan fingerprint density at radius 1 is 0.623 bits per heavy atom. The zero-order valence-corrected chi connectivity index (χ0v) is 48.3. The van der Waals surface area contributed by atoms with Gasteiger partial charge in [0, 0.05) is 32.0 Å². The molecule has 1 saturated carbocycles. The second-order valence-electron chi connectivity index (χ2n) is 22.3. The molecule has 23 nitrogen and oxygen atoms in total. The van der Waals surface area contributed by atoms with Gasteiger partial charge in [0.2, 0.25) is 34.0 Å². The summed E-state index contributed by atoms with van der Waals surface area (Å²) in [6.07, 6.45) is 30.4. The van der Waals surface area contributed by atoms with Crippen LogP contribution < -0.4 is 10.6 Å². The molecule has 7 heterocycles. The first-order valence-electron chi connectivity index (χ1n) is 29.5. The molecule has 2 aromatic rings. The Bertz CT molecular complexity index is 2100. The predicted octanol–water partition coefficient (Wildman–Crippen LogP) is 8.50. The van der Waals surface area contributed by atoms with Crippen molar-refractivity contribution in [2.45, 2.75) is 231 Å². The second kappa shape index (κ2) is 31.4. The molecule has 6 aliphatic rings. The van der Waals surface area contributed by atoms with Crippen LogP contribution in [0.1, 0.15) is 224 Å². The van der Waals surface area contributed by atoms with Crippen LogP contribution in [0.25, 0.3) is 0 Å². The van der Waals surface area contributed by atoms with Gasteiger partial charge >= 0.3 is 22.5 Å². The van der Waals surface area contributed by atoms with Crippen LogP contribution in [0.2, 0.25) is 0 Å². The lowest BCUT2D eigenvalue weighted by Gasteiger charge is -2.39. The average molecular weight is 1130 g/mol. The van der Waals surface area contributed by atoms with Crippen LogP contribution in [-0.2, 0) is 42.2 Å². The van der Waals surface area contributed by atoms with Crippen LogP contribution in [0.4, 0.5) is 9.59 Å². The molecule has 4 atom stereocenters. The van der Waals surface area contributed by atoms with Crippen molar-refractivity contribution < 1.29 is 57.4 Å². The van der Waals surface area contributed by atoms with Crippen LogP contribution in [0, 0.1) is 5.92 Å². The van der Waals surface area contributed by atoms with Crippen molar-refractivity contribution >= 4 is 32.9 Å². The van der Waals surface area contributed by atoms with Crippen LogP contribution in [0.3, 0.4) is 0 Å². The number of hydrogen-bond donors (Lipinski definition) is 3. The molecule has 4 amide bonds. The normalized spacial score (nSPS) is 22.4. The summed E-state index contributed by atoms with van der Waals surface area (Å²) in [7, 11) is -9.76. The first kappa shape index (κ1) is 62.6. The van der Waals surface area contributed by atoms with Crippen LogP contribution in [0.5, 0.6) is 0 Å². The highest BCUT2D eigenvalue weighted by Crippen LogP contribution is 2.40. The van der Waals surface area contributed by atoms with E-state index >= 15 is 0 Å². The van der Waals surface area contributed by atoms with Crippen LogP contribution in [0.15, 0.2) is 8.83 Å². The number of hydroxylamine groups is 4. The summed E-state index contributed by atoms with van der Waals surface area (Å²) in [6.45, 7) is 18.7. The average Bonchev–Trinajstić information content (AvgIpc) is 4.21. The lowest BCUT2D eigenvalue weighted by atomic mass is 9.85. The molecule has 2 aromatic heterocycles. The van der Waals surface area contributed by atoms with E-state index in [0.717, 1.165) is 64.1 Å². The first-order valence-corrected chi connectivity index (χ1v) is 32.2. The number of amides is 4. The van der Waals surface area contributed by atoms with Crippen molar-refractivity contribution in [3.8, 4) is 0 Å². The molecule has 4 bridgehead atoms. The summed E-state index contributed by atoms with van der Waals surface area (Å²) in [4.78, 5) is 27.8. The Morgan fingerprint density at radius 2 is 1.10 bits per heavy atom. The Hall–Kier alpha value is -3.56. The highest BCUT2D eigenvalue weighted by atomic mass is 32.3. The first-order chi connectivity index (χ1) is 37.1. The number of aromatic nitrogens is 4. The summed E-state index contributed by atoms with van der Waals surface area (Å²) in [6, 6.07) is -2.46. The maximum atomic E-state index is 12.5. The minimum atomic E-state index is -5.00. The smallest absolute Gasteiger partial charge is 0.418 e. The molecule has 3 N–H and O–H groups in total. The quantitative estimate of drug-likeness (QED) is 0.0286. The maximum absolute atomic E-state index is 12.5. The number of piperidine rings is 3. The molecule has 1 aliphatic carbocycles. The number of nitrogens with one attached hydrogen (secondary N) is 2. The van der Waals surface area contributed by atoms with Crippen molar-refractivity contribution in [1.82, 2.24) is 51.0 Å². The van der Waals surface area contributed by atoms with Gasteiger partial charge in [-0.05, 0) is 109 Å². The van der Waals surface area contributed by atoms with Crippen molar-refractivity contribution in [3.05, 3.63) is 23.6 Å². The number of nitrogens with zero attached hydrogens (tertiary/aromatic N) is 9. The van der Waals surface area contributed by atoms with Gasteiger partial charge in [-0.1, -0.05) is 105 Å². The van der Waals surface area contributed by atoms with E-state index in [9.17, 15) is 31.0 Å². The highest BCUT2D eigenvalue weighted by molar-refractivity contribution is 7.81. The topological polar surface area (TPSA) is 279 Å². The number of aryl methyl sites for hydroxylation is 2. The standard InChI is InChI=1S/C19H30N4O6S.C17H28N6O6S.C16H36N/c24-19-22-13-15(23(19)29-30(25,26)27)11-12-16(22)18-21-20-17(28-18)10-6-2-5-9-14-7-3-1-4-8-14;24-17-22-11-13(23(17)29-30(25,26)27)4-5-14(22)16-21-20-15(28-16)3-1-2-8-19-12-6-9-18-10-7-12;1-5-9-13-17(14-10-6-2,15-11-7-3)16-12-8-4/h14-16H,1-13H2,(H,25,26,27);12-14,18-19H,1-11H2,(H,25,26,27);5-16H2,1-4H3/q;;+1/p-1. The number of carbonyl (C=O) groups excluding carboxylic acids is 2. The van der Waals surface area contributed by atoms with Crippen molar-refractivity contribution in [2.75, 3.05) is 58.9 Å². The Labute approximate surface area is 459 Å². The molecule has 0 spiro atoms. The van der Waals surface area contributed by atoms with E-state index in [4.69, 9.17) is 13.4 Å². The summed E-state index contributed by atoms with van der Waals surface area (Å²) in [5, 5.41) is 24.7. The van der Waals surface area contributed by atoms with Gasteiger partial charge in [0.1, 0.15) is 12.1 Å². The number of urea groups is 2. The molecule has 0 aromatic carbocycles. The van der Waals surface area contributed by atoms with Gasteiger partial charge in [0.15, 0.2) is 0 Å². The Balaban J connectivity index is 0.000000196. The second-order valence-corrected chi connectivity index (χ2v) is 24.2. The number of carbonyl (C=O) groups is 2. The molecule has 5 aliphatic heterocycles. The highest BCUT2D eigenvalue weighted by Gasteiger charge is 2.50. The van der Waals surface area contributed by atoms with Crippen molar-refractivity contribution in [3.63, 3.8) is 0 Å². The fourth-order valence-corrected chi connectivity index (χ4v) is 12.7. The van der Waals surface area contributed by atoms with E-state index in [2.05, 4.69) is 67.3 Å². The fourth-order valence-electron chi connectivity index (χ4n) is 11.9. The predicted molar refractivity (Wildman–Crippen MR) is 286 cm³/mol. The third-order valence-corrected chi connectivity index (χ3v) is 17.0. The van der Waals surface area contributed by atoms with Gasteiger partial charge in [-0.2, -0.15) is 22.8 Å². The zero-order valence-electron chi connectivity index (χ0n) is 46.7.